The lowest BCUT2D eigenvalue weighted by molar-refractivity contribution is 0.0697. The van der Waals surface area contributed by atoms with Gasteiger partial charge in [-0.15, -0.1) is 12.4 Å². The van der Waals surface area contributed by atoms with Crippen LogP contribution < -0.4 is 5.32 Å². The molecule has 0 radical (unpaired) electrons. The van der Waals surface area contributed by atoms with Crippen molar-refractivity contribution in [3.05, 3.63) is 81.5 Å². The molecule has 0 aliphatic heterocycles. The second-order valence-electron chi connectivity index (χ2n) is 5.50. The molecule has 3 aromatic rings. The van der Waals surface area contributed by atoms with Gasteiger partial charge in [0.25, 0.3) is 0 Å². The van der Waals surface area contributed by atoms with Crippen molar-refractivity contribution in [1.82, 2.24) is 5.32 Å². The Labute approximate surface area is 167 Å². The van der Waals surface area contributed by atoms with Gasteiger partial charge >= 0.3 is 5.97 Å². The summed E-state index contributed by atoms with van der Waals surface area (Å²) < 4.78 is 5.81. The Morgan fingerprint density at radius 1 is 1.00 bits per heavy atom. The quantitative estimate of drug-likeness (QED) is 0.548. The van der Waals surface area contributed by atoms with Crippen LogP contribution >= 0.6 is 35.6 Å². The average molecular weight is 413 g/mol. The summed E-state index contributed by atoms with van der Waals surface area (Å²) in [4.78, 5) is 10.8. The predicted octanol–water partition coefficient (Wildman–Crippen LogP) is 5.66. The van der Waals surface area contributed by atoms with Crippen LogP contribution in [0.2, 0.25) is 10.0 Å². The van der Waals surface area contributed by atoms with Crippen LogP contribution in [0.5, 0.6) is 0 Å². The third-order valence-corrected chi connectivity index (χ3v) is 4.25. The Balaban J connectivity index is 0.00000243. The first-order valence-corrected chi connectivity index (χ1v) is 8.35. The van der Waals surface area contributed by atoms with Crippen molar-refractivity contribution in [2.75, 3.05) is 0 Å². The van der Waals surface area contributed by atoms with Gasteiger partial charge in [-0.25, -0.2) is 4.79 Å². The van der Waals surface area contributed by atoms with Crippen molar-refractivity contribution in [3.63, 3.8) is 0 Å². The summed E-state index contributed by atoms with van der Waals surface area (Å²) in [5, 5.41) is 13.3. The Morgan fingerprint density at radius 2 is 1.73 bits per heavy atom. The molecule has 2 N–H and O–H groups in total. The molecule has 4 nitrogen and oxygen atoms in total. The molecule has 0 saturated carbocycles. The van der Waals surface area contributed by atoms with E-state index in [0.717, 1.165) is 16.9 Å². The van der Waals surface area contributed by atoms with E-state index < -0.39 is 5.97 Å². The Kier molecular flexibility index (Phi) is 7.12. The van der Waals surface area contributed by atoms with Crippen LogP contribution in [0, 0.1) is 0 Å². The summed E-state index contributed by atoms with van der Waals surface area (Å²) >= 11 is 12.2. The Morgan fingerprint density at radius 3 is 2.42 bits per heavy atom. The molecule has 0 aliphatic carbocycles. The molecule has 0 bridgehead atoms. The summed E-state index contributed by atoms with van der Waals surface area (Å²) in [6.07, 6.45) is 0. The summed E-state index contributed by atoms with van der Waals surface area (Å²) in [5.74, 6) is 0.505. The zero-order chi connectivity index (χ0) is 17.8. The summed E-state index contributed by atoms with van der Waals surface area (Å²) in [6, 6.07) is 15.7. The predicted molar refractivity (Wildman–Crippen MR) is 105 cm³/mol. The monoisotopic (exact) mass is 411 g/mol. The highest BCUT2D eigenvalue weighted by molar-refractivity contribution is 6.35. The SMILES string of the molecule is Cl.O=C(O)c1ccc(CNCc2ccc(-c3cc(Cl)ccc3Cl)o2)cc1. The molecule has 0 aliphatic rings. The average Bonchev–Trinajstić information content (AvgIpc) is 3.06. The van der Waals surface area contributed by atoms with E-state index in [2.05, 4.69) is 5.32 Å². The number of furan rings is 1. The topological polar surface area (TPSA) is 62.5 Å². The number of halogens is 3. The van der Waals surface area contributed by atoms with Crippen LogP contribution in [0.15, 0.2) is 59.0 Å². The fourth-order valence-corrected chi connectivity index (χ4v) is 2.78. The highest BCUT2D eigenvalue weighted by atomic mass is 35.5. The number of rotatable bonds is 6. The number of carboxylic acid groups (broad SMARTS) is 1. The molecule has 2 aromatic carbocycles. The van der Waals surface area contributed by atoms with Gasteiger partial charge in [-0.3, -0.25) is 0 Å². The van der Waals surface area contributed by atoms with Crippen LogP contribution in [-0.2, 0) is 13.1 Å². The molecule has 0 fully saturated rings. The third-order valence-electron chi connectivity index (χ3n) is 3.68. The number of aromatic carboxylic acids is 1. The maximum Gasteiger partial charge on any atom is 0.335 e. The summed E-state index contributed by atoms with van der Waals surface area (Å²) in [6.45, 7) is 1.15. The van der Waals surface area contributed by atoms with Crippen molar-refractivity contribution in [1.29, 1.82) is 0 Å². The minimum atomic E-state index is -0.928. The normalized spacial score (nSPS) is 10.4. The van der Waals surface area contributed by atoms with Gasteiger partial charge in [-0.05, 0) is 48.0 Å². The number of nitrogens with one attached hydrogen (secondary N) is 1. The minimum Gasteiger partial charge on any atom is -0.478 e. The molecule has 1 heterocycles. The highest BCUT2D eigenvalue weighted by Gasteiger charge is 2.09. The van der Waals surface area contributed by atoms with Gasteiger partial charge in [0.15, 0.2) is 0 Å². The fraction of sp³-hybridized carbons (Fsp3) is 0.105. The lowest BCUT2D eigenvalue weighted by Crippen LogP contribution is -2.12. The van der Waals surface area contributed by atoms with E-state index >= 15 is 0 Å². The lowest BCUT2D eigenvalue weighted by Gasteiger charge is -2.04. The maximum absolute atomic E-state index is 10.8. The zero-order valence-electron chi connectivity index (χ0n) is 13.5. The van der Waals surface area contributed by atoms with E-state index in [1.165, 1.54) is 0 Å². The van der Waals surface area contributed by atoms with Gasteiger partial charge in [0.1, 0.15) is 11.5 Å². The molecule has 0 atom stereocenters. The maximum atomic E-state index is 10.8. The van der Waals surface area contributed by atoms with Gasteiger partial charge in [0.05, 0.1) is 17.1 Å². The second-order valence-corrected chi connectivity index (χ2v) is 6.34. The van der Waals surface area contributed by atoms with E-state index in [9.17, 15) is 4.79 Å². The van der Waals surface area contributed by atoms with E-state index in [4.69, 9.17) is 32.7 Å². The van der Waals surface area contributed by atoms with E-state index in [1.807, 2.05) is 12.1 Å². The standard InChI is InChI=1S/C19H15Cl2NO3.ClH/c20-14-5-7-17(21)16(9-14)18-8-6-15(25-18)11-22-10-12-1-3-13(4-2-12)19(23)24;/h1-9,22H,10-11H2,(H,23,24);1H. The molecular formula is C19H16Cl3NO3. The van der Waals surface area contributed by atoms with Gasteiger partial charge in [-0.2, -0.15) is 0 Å². The molecule has 3 rings (SSSR count). The van der Waals surface area contributed by atoms with Crippen LogP contribution in [0.1, 0.15) is 21.7 Å². The molecule has 26 heavy (non-hydrogen) atoms. The molecule has 136 valence electrons. The van der Waals surface area contributed by atoms with E-state index in [-0.39, 0.29) is 18.0 Å². The number of carbonyl (C=O) groups is 1. The largest absolute Gasteiger partial charge is 0.478 e. The number of hydrogen-bond acceptors (Lipinski definition) is 3. The number of hydrogen-bond donors (Lipinski definition) is 2. The van der Waals surface area contributed by atoms with Crippen molar-refractivity contribution >= 4 is 41.6 Å². The Bertz CT molecular complexity index is 891. The van der Waals surface area contributed by atoms with Gasteiger partial charge in [-0.1, -0.05) is 35.3 Å². The van der Waals surface area contributed by atoms with Crippen LogP contribution in [-0.4, -0.2) is 11.1 Å². The molecular weight excluding hydrogens is 397 g/mol. The van der Waals surface area contributed by atoms with Crippen molar-refractivity contribution in [2.45, 2.75) is 13.1 Å². The fourth-order valence-electron chi connectivity index (χ4n) is 2.40. The van der Waals surface area contributed by atoms with Crippen molar-refractivity contribution in [3.8, 4) is 11.3 Å². The molecule has 0 unspecified atom stereocenters. The third kappa shape index (κ3) is 5.02. The Hall–Kier alpha value is -1.98. The minimum absolute atomic E-state index is 0. The summed E-state index contributed by atoms with van der Waals surface area (Å²) in [5.41, 5.74) is 2.03. The number of carboxylic acids is 1. The first-order chi connectivity index (χ1) is 12.0. The van der Waals surface area contributed by atoms with E-state index in [0.29, 0.717) is 28.9 Å². The second kappa shape index (κ2) is 9.10. The van der Waals surface area contributed by atoms with Crippen molar-refractivity contribution in [2.24, 2.45) is 0 Å². The molecule has 0 saturated heterocycles. The lowest BCUT2D eigenvalue weighted by atomic mass is 10.1. The van der Waals surface area contributed by atoms with Crippen LogP contribution in [0.3, 0.4) is 0 Å². The van der Waals surface area contributed by atoms with E-state index in [1.54, 1.807) is 42.5 Å². The van der Waals surface area contributed by atoms with Crippen LogP contribution in [0.4, 0.5) is 0 Å². The highest BCUT2D eigenvalue weighted by Crippen LogP contribution is 2.31. The summed E-state index contributed by atoms with van der Waals surface area (Å²) in [7, 11) is 0. The smallest absolute Gasteiger partial charge is 0.335 e. The molecule has 0 spiro atoms. The first kappa shape index (κ1) is 20.3. The number of benzene rings is 2. The van der Waals surface area contributed by atoms with Gasteiger partial charge in [0.2, 0.25) is 0 Å². The van der Waals surface area contributed by atoms with Crippen LogP contribution in [0.25, 0.3) is 11.3 Å². The van der Waals surface area contributed by atoms with Gasteiger partial charge in [0, 0.05) is 17.1 Å². The molecule has 7 heteroatoms. The molecule has 1 aromatic heterocycles. The van der Waals surface area contributed by atoms with Gasteiger partial charge < -0.3 is 14.8 Å². The zero-order valence-corrected chi connectivity index (χ0v) is 15.9. The van der Waals surface area contributed by atoms with Crippen molar-refractivity contribution < 1.29 is 14.3 Å². The first-order valence-electron chi connectivity index (χ1n) is 7.60. The molecule has 0 amide bonds.